The number of para-hydroxylation sites is 2. The number of phenols is 1. The second-order valence-electron chi connectivity index (χ2n) is 7.97. The Labute approximate surface area is 213 Å². The first-order valence-corrected chi connectivity index (χ1v) is 11.5. The van der Waals surface area contributed by atoms with Crippen molar-refractivity contribution in [1.82, 2.24) is 0 Å². The summed E-state index contributed by atoms with van der Waals surface area (Å²) in [6.45, 7) is 2.18. The van der Waals surface area contributed by atoms with Gasteiger partial charge in [-0.3, -0.25) is 10.1 Å². The summed E-state index contributed by atoms with van der Waals surface area (Å²) in [6, 6.07) is 18.0. The Kier molecular flexibility index (Phi) is 8.11. The van der Waals surface area contributed by atoms with E-state index in [0.29, 0.717) is 34.1 Å². The Morgan fingerprint density at radius 3 is 2.57 bits per heavy atom. The van der Waals surface area contributed by atoms with Gasteiger partial charge in [-0.25, -0.2) is 4.79 Å². The number of carbonyl (C=O) groups excluding carboxylic acids is 2. The molecule has 0 fully saturated rings. The van der Waals surface area contributed by atoms with Crippen LogP contribution in [0.3, 0.4) is 0 Å². The van der Waals surface area contributed by atoms with Crippen molar-refractivity contribution in [1.29, 1.82) is 0 Å². The van der Waals surface area contributed by atoms with E-state index in [-0.39, 0.29) is 19.1 Å². The van der Waals surface area contributed by atoms with Crippen LogP contribution in [-0.2, 0) is 14.3 Å². The summed E-state index contributed by atoms with van der Waals surface area (Å²) in [4.78, 5) is 25.4. The number of ether oxygens (including phenoxy) is 4. The quantitative estimate of drug-likeness (QED) is 0.244. The first-order valence-electron chi connectivity index (χ1n) is 11.5. The minimum atomic E-state index is -0.944. The van der Waals surface area contributed by atoms with Crippen LogP contribution in [0.25, 0.3) is 0 Å². The second-order valence-corrected chi connectivity index (χ2v) is 7.97. The summed E-state index contributed by atoms with van der Waals surface area (Å²) in [6.07, 6.45) is 0.274. The number of anilines is 3. The maximum atomic E-state index is 12.9. The lowest BCUT2D eigenvalue weighted by Crippen LogP contribution is -2.28. The third kappa shape index (κ3) is 6.71. The Morgan fingerprint density at radius 1 is 1.05 bits per heavy atom. The molecule has 2 amide bonds. The van der Waals surface area contributed by atoms with E-state index in [1.807, 2.05) is 0 Å². The maximum absolute atomic E-state index is 12.9. The molecular weight excluding hydrogens is 478 g/mol. The standard InChI is InChI=1S/C27H27N3O7/c1-2-34-23(13-14-25(32)30-21-6-4-3-5-20(21)28)26(17-7-10-19(31)11-8-17)37-27(33)29-18-9-12-22-24(15-18)36-16-35-22/h3-15,23,26,31H,2,16,28H2,1H3,(H,29,33)(H,30,32)/b14-13+/t23-,26-/m1/s1. The molecule has 1 heterocycles. The van der Waals surface area contributed by atoms with Crippen molar-refractivity contribution < 1.29 is 33.6 Å². The van der Waals surface area contributed by atoms with Crippen molar-refractivity contribution in [2.75, 3.05) is 29.8 Å². The maximum Gasteiger partial charge on any atom is 0.412 e. The number of phenolic OH excluding ortho intramolecular Hbond substituents is 1. The highest BCUT2D eigenvalue weighted by molar-refractivity contribution is 6.01. The van der Waals surface area contributed by atoms with E-state index in [2.05, 4.69) is 10.6 Å². The number of nitrogens with one attached hydrogen (secondary N) is 2. The minimum Gasteiger partial charge on any atom is -0.508 e. The molecule has 0 radical (unpaired) electrons. The summed E-state index contributed by atoms with van der Waals surface area (Å²) < 4.78 is 22.2. The van der Waals surface area contributed by atoms with Gasteiger partial charge in [0.15, 0.2) is 17.6 Å². The highest BCUT2D eigenvalue weighted by Gasteiger charge is 2.27. The monoisotopic (exact) mass is 505 g/mol. The molecule has 2 atom stereocenters. The second kappa shape index (κ2) is 11.8. The van der Waals surface area contributed by atoms with E-state index in [1.165, 1.54) is 24.3 Å². The number of hydrogen-bond donors (Lipinski definition) is 4. The molecule has 37 heavy (non-hydrogen) atoms. The summed E-state index contributed by atoms with van der Waals surface area (Å²) in [5.74, 6) is 0.707. The Morgan fingerprint density at radius 2 is 1.81 bits per heavy atom. The molecule has 1 aliphatic heterocycles. The number of benzene rings is 3. The molecule has 192 valence electrons. The summed E-state index contributed by atoms with van der Waals surface area (Å²) >= 11 is 0. The van der Waals surface area contributed by atoms with Gasteiger partial charge >= 0.3 is 6.09 Å². The zero-order valence-electron chi connectivity index (χ0n) is 20.0. The van der Waals surface area contributed by atoms with Gasteiger partial charge in [-0.1, -0.05) is 24.3 Å². The molecule has 0 aliphatic carbocycles. The molecule has 0 spiro atoms. The van der Waals surface area contributed by atoms with E-state index >= 15 is 0 Å². The summed E-state index contributed by atoms with van der Waals surface area (Å²) in [5, 5.41) is 15.1. The predicted octanol–water partition coefficient (Wildman–Crippen LogP) is 4.59. The van der Waals surface area contributed by atoms with Gasteiger partial charge in [-0.2, -0.15) is 0 Å². The number of carbonyl (C=O) groups is 2. The molecule has 0 saturated heterocycles. The molecule has 0 saturated carbocycles. The molecule has 5 N–H and O–H groups in total. The molecule has 4 rings (SSSR count). The Balaban J connectivity index is 1.52. The lowest BCUT2D eigenvalue weighted by Gasteiger charge is -2.25. The molecule has 10 heteroatoms. The van der Waals surface area contributed by atoms with Crippen LogP contribution in [0.4, 0.5) is 21.9 Å². The zero-order chi connectivity index (χ0) is 26.2. The van der Waals surface area contributed by atoms with Crippen molar-refractivity contribution in [2.24, 2.45) is 0 Å². The van der Waals surface area contributed by atoms with Crippen molar-refractivity contribution in [3.63, 3.8) is 0 Å². The molecule has 1 aliphatic rings. The smallest absolute Gasteiger partial charge is 0.412 e. The van der Waals surface area contributed by atoms with Crippen molar-refractivity contribution in [2.45, 2.75) is 19.1 Å². The van der Waals surface area contributed by atoms with Crippen LogP contribution in [-0.4, -0.2) is 36.6 Å². The number of nitrogen functional groups attached to an aromatic ring is 1. The van der Waals surface area contributed by atoms with Gasteiger partial charge in [-0.05, 0) is 55.0 Å². The number of fused-ring (bicyclic) bond motifs is 1. The lowest BCUT2D eigenvalue weighted by atomic mass is 10.0. The summed E-state index contributed by atoms with van der Waals surface area (Å²) in [5.41, 5.74) is 7.79. The van der Waals surface area contributed by atoms with Gasteiger partial charge in [0.05, 0.1) is 11.4 Å². The first kappa shape index (κ1) is 25.4. The van der Waals surface area contributed by atoms with Crippen LogP contribution in [0.15, 0.2) is 78.9 Å². The van der Waals surface area contributed by atoms with E-state index in [0.717, 1.165) is 0 Å². The normalized spacial score (nSPS) is 13.6. The highest BCUT2D eigenvalue weighted by atomic mass is 16.7. The minimum absolute atomic E-state index is 0.0515. The number of amides is 2. The van der Waals surface area contributed by atoms with E-state index < -0.39 is 24.2 Å². The fourth-order valence-electron chi connectivity index (χ4n) is 3.63. The molecule has 10 nitrogen and oxygen atoms in total. The number of nitrogens with two attached hydrogens (primary N) is 1. The van der Waals surface area contributed by atoms with Crippen LogP contribution in [0.2, 0.25) is 0 Å². The topological polar surface area (TPSA) is 141 Å². The van der Waals surface area contributed by atoms with Crippen LogP contribution < -0.4 is 25.8 Å². The Hall–Kier alpha value is -4.70. The molecular formula is C27H27N3O7. The average molecular weight is 506 g/mol. The van der Waals surface area contributed by atoms with Gasteiger partial charge < -0.3 is 35.1 Å². The zero-order valence-corrected chi connectivity index (χ0v) is 20.0. The van der Waals surface area contributed by atoms with Gasteiger partial charge in [0.25, 0.3) is 0 Å². The largest absolute Gasteiger partial charge is 0.508 e. The average Bonchev–Trinajstić information content (AvgIpc) is 3.35. The fraction of sp³-hybridized carbons (Fsp3) is 0.185. The van der Waals surface area contributed by atoms with Gasteiger partial charge in [0.2, 0.25) is 12.7 Å². The van der Waals surface area contributed by atoms with Crippen LogP contribution >= 0.6 is 0 Å². The third-order valence-electron chi connectivity index (χ3n) is 5.39. The number of hydrogen-bond acceptors (Lipinski definition) is 8. The molecule has 0 aromatic heterocycles. The van der Waals surface area contributed by atoms with E-state index in [4.69, 9.17) is 24.7 Å². The van der Waals surface area contributed by atoms with Crippen molar-refractivity contribution in [3.05, 3.63) is 84.4 Å². The van der Waals surface area contributed by atoms with Crippen LogP contribution in [0.5, 0.6) is 17.2 Å². The number of aromatic hydroxyl groups is 1. The van der Waals surface area contributed by atoms with E-state index in [1.54, 1.807) is 61.5 Å². The van der Waals surface area contributed by atoms with Gasteiger partial charge in [0, 0.05) is 24.4 Å². The van der Waals surface area contributed by atoms with Gasteiger partial charge in [0.1, 0.15) is 11.9 Å². The third-order valence-corrected chi connectivity index (χ3v) is 5.39. The van der Waals surface area contributed by atoms with Crippen molar-refractivity contribution >= 4 is 29.1 Å². The molecule has 0 bridgehead atoms. The molecule has 0 unspecified atom stereocenters. The fourth-order valence-corrected chi connectivity index (χ4v) is 3.63. The first-order chi connectivity index (χ1) is 17.9. The van der Waals surface area contributed by atoms with Gasteiger partial charge in [-0.15, -0.1) is 0 Å². The Bertz CT molecular complexity index is 1280. The molecule has 3 aromatic rings. The number of rotatable bonds is 9. The highest BCUT2D eigenvalue weighted by Crippen LogP contribution is 2.34. The van der Waals surface area contributed by atoms with E-state index in [9.17, 15) is 14.7 Å². The SMILES string of the molecule is CCO[C@H](/C=C/C(=O)Nc1ccccc1N)[C@H](OC(=O)Nc1ccc2c(c1)OCO2)c1ccc(O)cc1. The predicted molar refractivity (Wildman–Crippen MR) is 138 cm³/mol. The van der Waals surface area contributed by atoms with Crippen LogP contribution in [0.1, 0.15) is 18.6 Å². The molecule has 3 aromatic carbocycles. The van der Waals surface area contributed by atoms with Crippen LogP contribution in [0, 0.1) is 0 Å². The lowest BCUT2D eigenvalue weighted by molar-refractivity contribution is -0.112. The summed E-state index contributed by atoms with van der Waals surface area (Å²) in [7, 11) is 0. The van der Waals surface area contributed by atoms with Crippen molar-refractivity contribution in [3.8, 4) is 17.2 Å².